The predicted molar refractivity (Wildman–Crippen MR) is 97.3 cm³/mol. The van der Waals surface area contributed by atoms with E-state index in [1.54, 1.807) is 24.3 Å². The maximum Gasteiger partial charge on any atom is 0.338 e. The van der Waals surface area contributed by atoms with Crippen LogP contribution in [0.3, 0.4) is 0 Å². The highest BCUT2D eigenvalue weighted by Crippen LogP contribution is 2.18. The van der Waals surface area contributed by atoms with E-state index < -0.39 is 0 Å². The van der Waals surface area contributed by atoms with Crippen LogP contribution in [-0.2, 0) is 11.3 Å². The van der Waals surface area contributed by atoms with Gasteiger partial charge >= 0.3 is 5.97 Å². The zero-order chi connectivity index (χ0) is 16.8. The summed E-state index contributed by atoms with van der Waals surface area (Å²) >= 11 is 7.32. The standard InChI is InChI=1S/C20H13ClO2S/c21-17-9-7-16(8-10-17)20(22)23-14-19-13-12-18(24-19)11-6-15-4-2-1-3-5-15/h1-5,7-10,12-13H,14H2. The van der Waals surface area contributed by atoms with Crippen LogP contribution in [0.15, 0.2) is 66.7 Å². The highest BCUT2D eigenvalue weighted by atomic mass is 35.5. The van der Waals surface area contributed by atoms with Crippen molar-refractivity contribution < 1.29 is 9.53 Å². The van der Waals surface area contributed by atoms with Crippen LogP contribution in [0, 0.1) is 11.8 Å². The van der Waals surface area contributed by atoms with Crippen LogP contribution in [0.25, 0.3) is 0 Å². The van der Waals surface area contributed by atoms with Crippen molar-refractivity contribution in [2.45, 2.75) is 6.61 Å². The number of benzene rings is 2. The summed E-state index contributed by atoms with van der Waals surface area (Å²) in [6.45, 7) is 0.235. The van der Waals surface area contributed by atoms with E-state index in [2.05, 4.69) is 11.8 Å². The molecule has 0 unspecified atom stereocenters. The van der Waals surface area contributed by atoms with Crippen LogP contribution in [0.2, 0.25) is 5.02 Å². The Bertz CT molecular complexity index is 887. The van der Waals surface area contributed by atoms with Crippen molar-refractivity contribution in [1.29, 1.82) is 0 Å². The van der Waals surface area contributed by atoms with E-state index in [4.69, 9.17) is 16.3 Å². The first-order valence-electron chi connectivity index (χ1n) is 7.29. The summed E-state index contributed by atoms with van der Waals surface area (Å²) in [6.07, 6.45) is 0. The first-order chi connectivity index (χ1) is 11.7. The lowest BCUT2D eigenvalue weighted by molar-refractivity contribution is 0.0477. The van der Waals surface area contributed by atoms with Gasteiger partial charge in [-0.2, -0.15) is 0 Å². The van der Waals surface area contributed by atoms with Crippen LogP contribution in [0.1, 0.15) is 25.7 Å². The Labute approximate surface area is 149 Å². The Morgan fingerprint density at radius 3 is 2.46 bits per heavy atom. The molecule has 0 amide bonds. The average Bonchev–Trinajstić information content (AvgIpc) is 3.07. The third kappa shape index (κ3) is 4.48. The second-order valence-electron chi connectivity index (χ2n) is 4.97. The number of hydrogen-bond donors (Lipinski definition) is 0. The first-order valence-corrected chi connectivity index (χ1v) is 8.48. The number of thiophene rings is 1. The molecule has 1 heterocycles. The number of carbonyl (C=O) groups excluding carboxylic acids is 1. The Kier molecular flexibility index (Phi) is 5.32. The van der Waals surface area contributed by atoms with Crippen molar-refractivity contribution in [3.8, 4) is 11.8 Å². The Hall–Kier alpha value is -2.54. The fraction of sp³-hybridized carbons (Fsp3) is 0.0500. The largest absolute Gasteiger partial charge is 0.456 e. The molecular formula is C20H13ClO2S. The van der Waals surface area contributed by atoms with Gasteiger partial charge in [-0.05, 0) is 48.5 Å². The quantitative estimate of drug-likeness (QED) is 0.481. The zero-order valence-electron chi connectivity index (χ0n) is 12.7. The van der Waals surface area contributed by atoms with E-state index in [9.17, 15) is 4.79 Å². The van der Waals surface area contributed by atoms with Crippen molar-refractivity contribution in [2.75, 3.05) is 0 Å². The summed E-state index contributed by atoms with van der Waals surface area (Å²) in [5.74, 6) is 5.87. The molecule has 3 rings (SSSR count). The molecule has 0 aliphatic heterocycles. The monoisotopic (exact) mass is 352 g/mol. The molecule has 0 radical (unpaired) electrons. The van der Waals surface area contributed by atoms with Crippen LogP contribution in [-0.4, -0.2) is 5.97 Å². The van der Waals surface area contributed by atoms with Crippen molar-refractivity contribution in [1.82, 2.24) is 0 Å². The second-order valence-corrected chi connectivity index (χ2v) is 6.57. The van der Waals surface area contributed by atoms with Gasteiger partial charge in [0.15, 0.2) is 0 Å². The molecule has 0 aliphatic carbocycles. The van der Waals surface area contributed by atoms with Crippen molar-refractivity contribution in [2.24, 2.45) is 0 Å². The highest BCUT2D eigenvalue weighted by Gasteiger charge is 2.08. The average molecular weight is 353 g/mol. The Balaban J connectivity index is 1.59. The molecule has 0 atom stereocenters. The summed E-state index contributed by atoms with van der Waals surface area (Å²) in [4.78, 5) is 13.9. The van der Waals surface area contributed by atoms with Crippen molar-refractivity contribution in [3.63, 3.8) is 0 Å². The molecule has 0 bridgehead atoms. The molecule has 1 aromatic heterocycles. The maximum atomic E-state index is 12.0. The van der Waals surface area contributed by atoms with Crippen LogP contribution >= 0.6 is 22.9 Å². The molecule has 0 saturated carbocycles. The van der Waals surface area contributed by atoms with Gasteiger partial charge in [-0.25, -0.2) is 4.79 Å². The van der Waals surface area contributed by atoms with E-state index in [-0.39, 0.29) is 12.6 Å². The molecule has 0 saturated heterocycles. The number of carbonyl (C=O) groups is 1. The number of rotatable bonds is 3. The maximum absolute atomic E-state index is 12.0. The normalized spacial score (nSPS) is 9.88. The first kappa shape index (κ1) is 16.3. The predicted octanol–water partition coefficient (Wildman–Crippen LogP) is 5.16. The Morgan fingerprint density at radius 1 is 0.958 bits per heavy atom. The number of hydrogen-bond acceptors (Lipinski definition) is 3. The van der Waals surface area contributed by atoms with Crippen LogP contribution in [0.5, 0.6) is 0 Å². The van der Waals surface area contributed by atoms with Gasteiger partial charge in [0.25, 0.3) is 0 Å². The second kappa shape index (κ2) is 7.83. The van der Waals surface area contributed by atoms with E-state index in [1.807, 2.05) is 42.5 Å². The molecule has 0 N–H and O–H groups in total. The van der Waals surface area contributed by atoms with Crippen LogP contribution in [0.4, 0.5) is 0 Å². The molecular weight excluding hydrogens is 340 g/mol. The molecule has 2 aromatic carbocycles. The number of esters is 1. The molecule has 4 heteroatoms. The van der Waals surface area contributed by atoms with Gasteiger partial charge in [0.1, 0.15) is 6.61 Å². The lowest BCUT2D eigenvalue weighted by Gasteiger charge is -2.03. The Morgan fingerprint density at radius 2 is 1.71 bits per heavy atom. The van der Waals surface area contributed by atoms with Crippen molar-refractivity contribution >= 4 is 28.9 Å². The zero-order valence-corrected chi connectivity index (χ0v) is 14.2. The van der Waals surface area contributed by atoms with Gasteiger partial charge in [-0.1, -0.05) is 41.6 Å². The lowest BCUT2D eigenvalue weighted by atomic mass is 10.2. The van der Waals surface area contributed by atoms with E-state index >= 15 is 0 Å². The molecule has 24 heavy (non-hydrogen) atoms. The minimum atomic E-state index is -0.364. The van der Waals surface area contributed by atoms with Gasteiger partial charge in [0.05, 0.1) is 10.4 Å². The van der Waals surface area contributed by atoms with E-state index in [0.29, 0.717) is 10.6 Å². The van der Waals surface area contributed by atoms with Gasteiger partial charge in [-0.3, -0.25) is 0 Å². The highest BCUT2D eigenvalue weighted by molar-refractivity contribution is 7.12. The molecule has 0 spiro atoms. The summed E-state index contributed by atoms with van der Waals surface area (Å²) in [7, 11) is 0. The minimum absolute atomic E-state index is 0.235. The number of ether oxygens (including phenoxy) is 1. The molecule has 2 nitrogen and oxygen atoms in total. The minimum Gasteiger partial charge on any atom is -0.456 e. The smallest absolute Gasteiger partial charge is 0.338 e. The fourth-order valence-electron chi connectivity index (χ4n) is 1.98. The molecule has 0 fully saturated rings. The van der Waals surface area contributed by atoms with Gasteiger partial charge in [0.2, 0.25) is 0 Å². The summed E-state index contributed by atoms with van der Waals surface area (Å²) < 4.78 is 5.31. The lowest BCUT2D eigenvalue weighted by Crippen LogP contribution is -2.04. The van der Waals surface area contributed by atoms with Crippen LogP contribution < -0.4 is 0 Å². The van der Waals surface area contributed by atoms with Gasteiger partial charge in [-0.15, -0.1) is 11.3 Å². The summed E-state index contributed by atoms with van der Waals surface area (Å²) in [6, 6.07) is 20.3. The van der Waals surface area contributed by atoms with Gasteiger partial charge in [0, 0.05) is 15.5 Å². The molecule has 0 aliphatic rings. The summed E-state index contributed by atoms with van der Waals surface area (Å²) in [5.41, 5.74) is 1.46. The SMILES string of the molecule is O=C(OCc1ccc(C#Cc2ccccc2)s1)c1ccc(Cl)cc1. The fourth-order valence-corrected chi connectivity index (χ4v) is 2.88. The third-order valence-corrected chi connectivity index (χ3v) is 4.42. The number of halogens is 1. The topological polar surface area (TPSA) is 26.3 Å². The summed E-state index contributed by atoms with van der Waals surface area (Å²) in [5, 5.41) is 0.589. The molecule has 118 valence electrons. The van der Waals surface area contributed by atoms with Gasteiger partial charge < -0.3 is 4.74 Å². The van der Waals surface area contributed by atoms with E-state index in [0.717, 1.165) is 15.3 Å². The third-order valence-electron chi connectivity index (χ3n) is 3.19. The van der Waals surface area contributed by atoms with Crippen molar-refractivity contribution in [3.05, 3.63) is 92.6 Å². The molecule has 3 aromatic rings. The van der Waals surface area contributed by atoms with E-state index in [1.165, 1.54) is 11.3 Å².